The third kappa shape index (κ3) is 5.74. The van der Waals surface area contributed by atoms with Gasteiger partial charge in [-0.25, -0.2) is 0 Å². The Morgan fingerprint density at radius 2 is 1.67 bits per heavy atom. The molecule has 202 valence electrons. The monoisotopic (exact) mass is 537 g/mol. The van der Waals surface area contributed by atoms with Crippen molar-refractivity contribution in [3.05, 3.63) is 0 Å². The first-order valence-electron chi connectivity index (χ1n) is 13.5. The van der Waals surface area contributed by atoms with Crippen LogP contribution in [0.2, 0.25) is 0 Å². The van der Waals surface area contributed by atoms with Gasteiger partial charge in [-0.05, 0) is 84.9 Å². The number of carbonyl (C=O) groups excluding carboxylic acids is 1. The Hall–Kier alpha value is 0.260. The first-order chi connectivity index (χ1) is 16.3. The van der Waals surface area contributed by atoms with Crippen molar-refractivity contribution in [2.75, 3.05) is 12.3 Å². The van der Waals surface area contributed by atoms with Gasteiger partial charge in [0.25, 0.3) is 10.1 Å². The maximum absolute atomic E-state index is 12.3. The van der Waals surface area contributed by atoms with Crippen LogP contribution in [0, 0.1) is 46.3 Å². The molecule has 4 saturated carbocycles. The minimum absolute atomic E-state index is 0. The Kier molecular flexibility index (Phi) is 9.75. The molecule has 0 saturated heterocycles. The summed E-state index contributed by atoms with van der Waals surface area (Å²) in [6.45, 7) is 6.70. The molecule has 0 radical (unpaired) electrons. The molecule has 0 heterocycles. The molecule has 0 spiro atoms. The van der Waals surface area contributed by atoms with Gasteiger partial charge >= 0.3 is 29.6 Å². The van der Waals surface area contributed by atoms with E-state index in [2.05, 4.69) is 26.1 Å². The van der Waals surface area contributed by atoms with Gasteiger partial charge < -0.3 is 20.6 Å². The Morgan fingerprint density at radius 3 is 2.33 bits per heavy atom. The summed E-state index contributed by atoms with van der Waals surface area (Å²) in [4.78, 5) is 12.2. The fourth-order valence-corrected chi connectivity index (χ4v) is 9.53. The average Bonchev–Trinajstić information content (AvgIpc) is 3.13. The summed E-state index contributed by atoms with van der Waals surface area (Å²) in [5.74, 6) is 0.628. The average molecular weight is 538 g/mol. The zero-order valence-electron chi connectivity index (χ0n) is 22.4. The molecule has 4 N–H and O–H groups in total. The van der Waals surface area contributed by atoms with Crippen molar-refractivity contribution in [2.24, 2.45) is 46.3 Å². The third-order valence-electron chi connectivity index (χ3n) is 11.0. The number of fused-ring (bicyclic) bond motifs is 5. The molecule has 36 heavy (non-hydrogen) atoms. The SMILES string of the molecule is C[C@H](CCC(=O)NCCS(=O)(=O)O)[C@H]1CC[C@H]2[C@@H]3[C@H](O)[C@H](O)[C@@H]4C[C@H]([O-])CC[C@]4(C)[C@H]3CC[C@]12C.[Na+]. The summed E-state index contributed by atoms with van der Waals surface area (Å²) in [7, 11) is -4.09. The van der Waals surface area contributed by atoms with Crippen molar-refractivity contribution < 1.29 is 62.6 Å². The standard InChI is InChI=1S/C26H44NO7S.Na/c1-15(4-7-21(29)27-12-13-35(32,33)34)17-5-6-18-22-19(9-11-25(17,18)2)26(3)10-8-16(28)14-20(26)23(30)24(22)31;/h15-20,22-24,30-31H,4-14H2,1-3H3,(H,27,29)(H,32,33,34);/q-1;+1/t15-,16-,17-,18+,19+,20+,22+,23-,24+,25-,26-;/m1./s1. The molecule has 8 nitrogen and oxygen atoms in total. The normalized spacial score (nSPS) is 45.0. The van der Waals surface area contributed by atoms with E-state index < -0.39 is 34.2 Å². The van der Waals surface area contributed by atoms with E-state index in [0.29, 0.717) is 49.4 Å². The van der Waals surface area contributed by atoms with Gasteiger partial charge in [-0.3, -0.25) is 9.35 Å². The van der Waals surface area contributed by atoms with E-state index in [-0.39, 0.29) is 64.7 Å². The molecular formula is C26H44NNaO7S. The van der Waals surface area contributed by atoms with E-state index in [1.54, 1.807) is 0 Å². The van der Waals surface area contributed by atoms with Crippen LogP contribution in [0.1, 0.15) is 78.6 Å². The minimum atomic E-state index is -4.09. The molecule has 0 bridgehead atoms. The quantitative estimate of drug-likeness (QED) is 0.234. The summed E-state index contributed by atoms with van der Waals surface area (Å²) >= 11 is 0. The zero-order valence-corrected chi connectivity index (χ0v) is 25.2. The summed E-state index contributed by atoms with van der Waals surface area (Å²) in [5, 5.41) is 37.3. The molecule has 0 aliphatic heterocycles. The molecule has 4 fully saturated rings. The predicted octanol–water partition coefficient (Wildman–Crippen LogP) is -1.26. The van der Waals surface area contributed by atoms with Gasteiger partial charge in [-0.1, -0.05) is 33.6 Å². The summed E-state index contributed by atoms with van der Waals surface area (Å²) < 4.78 is 30.5. The molecule has 11 atom stereocenters. The van der Waals surface area contributed by atoms with Gasteiger partial charge in [0.15, 0.2) is 0 Å². The van der Waals surface area contributed by atoms with Crippen molar-refractivity contribution in [3.63, 3.8) is 0 Å². The molecule has 4 aliphatic carbocycles. The molecule has 0 unspecified atom stereocenters. The van der Waals surface area contributed by atoms with E-state index in [1.165, 1.54) is 0 Å². The number of nitrogens with one attached hydrogen (secondary N) is 1. The fraction of sp³-hybridized carbons (Fsp3) is 0.962. The van der Waals surface area contributed by atoms with Crippen LogP contribution in [0.3, 0.4) is 0 Å². The number of carbonyl (C=O) groups is 1. The fourth-order valence-electron chi connectivity index (χ4n) is 9.17. The Morgan fingerprint density at radius 1 is 1.03 bits per heavy atom. The molecular weight excluding hydrogens is 493 g/mol. The van der Waals surface area contributed by atoms with E-state index in [9.17, 15) is 28.5 Å². The Labute approximate surface area is 238 Å². The van der Waals surface area contributed by atoms with Gasteiger partial charge in [0.1, 0.15) is 0 Å². The second-order valence-electron chi connectivity index (χ2n) is 12.7. The summed E-state index contributed by atoms with van der Waals surface area (Å²) in [5.41, 5.74) is -0.0446. The van der Waals surface area contributed by atoms with Gasteiger partial charge in [-0.15, -0.1) is 6.10 Å². The molecule has 4 rings (SSSR count). The minimum Gasteiger partial charge on any atom is -0.852 e. The number of aliphatic hydroxyl groups is 2. The molecule has 10 heteroatoms. The predicted molar refractivity (Wildman–Crippen MR) is 130 cm³/mol. The van der Waals surface area contributed by atoms with Crippen LogP contribution in [0.25, 0.3) is 0 Å². The summed E-state index contributed by atoms with van der Waals surface area (Å²) in [6, 6.07) is 0. The Balaban J connectivity index is 0.00000361. The second-order valence-corrected chi connectivity index (χ2v) is 14.2. The van der Waals surface area contributed by atoms with Crippen LogP contribution < -0.4 is 40.0 Å². The molecule has 0 aromatic carbocycles. The second kappa shape index (κ2) is 11.4. The van der Waals surface area contributed by atoms with Crippen molar-refractivity contribution >= 4 is 16.0 Å². The number of rotatable bonds is 7. The van der Waals surface area contributed by atoms with Crippen LogP contribution >= 0.6 is 0 Å². The molecule has 0 aromatic rings. The van der Waals surface area contributed by atoms with Crippen molar-refractivity contribution in [3.8, 4) is 0 Å². The van der Waals surface area contributed by atoms with Crippen molar-refractivity contribution in [1.29, 1.82) is 0 Å². The first kappa shape index (κ1) is 30.8. The van der Waals surface area contributed by atoms with E-state index in [4.69, 9.17) is 4.55 Å². The van der Waals surface area contributed by atoms with E-state index >= 15 is 0 Å². The molecule has 1 amide bonds. The van der Waals surface area contributed by atoms with Crippen LogP contribution in [0.4, 0.5) is 0 Å². The molecule has 0 aromatic heterocycles. The Bertz CT molecular complexity index is 903. The van der Waals surface area contributed by atoms with Gasteiger partial charge in [0, 0.05) is 13.0 Å². The van der Waals surface area contributed by atoms with E-state index in [0.717, 1.165) is 32.1 Å². The number of hydrogen-bond donors (Lipinski definition) is 4. The number of hydrogen-bond acceptors (Lipinski definition) is 6. The van der Waals surface area contributed by atoms with Crippen LogP contribution in [0.15, 0.2) is 0 Å². The third-order valence-corrected chi connectivity index (χ3v) is 11.7. The largest absolute Gasteiger partial charge is 1.00 e. The van der Waals surface area contributed by atoms with Crippen LogP contribution in [0.5, 0.6) is 0 Å². The van der Waals surface area contributed by atoms with Crippen molar-refractivity contribution in [1.82, 2.24) is 5.32 Å². The summed E-state index contributed by atoms with van der Waals surface area (Å²) in [6.07, 6.45) is 4.87. The maximum atomic E-state index is 12.3. The van der Waals surface area contributed by atoms with Crippen molar-refractivity contribution in [2.45, 2.75) is 96.9 Å². The van der Waals surface area contributed by atoms with Crippen LogP contribution in [-0.4, -0.2) is 59.7 Å². The first-order valence-corrected chi connectivity index (χ1v) is 15.1. The van der Waals surface area contributed by atoms with Gasteiger partial charge in [0.2, 0.25) is 5.91 Å². The number of amides is 1. The van der Waals surface area contributed by atoms with Crippen LogP contribution in [-0.2, 0) is 14.9 Å². The molecule has 4 aliphatic rings. The zero-order chi connectivity index (χ0) is 25.8. The number of aliphatic hydroxyl groups excluding tert-OH is 2. The smallest absolute Gasteiger partial charge is 0.852 e. The van der Waals surface area contributed by atoms with Gasteiger partial charge in [-0.2, -0.15) is 8.42 Å². The maximum Gasteiger partial charge on any atom is 1.00 e. The van der Waals surface area contributed by atoms with Gasteiger partial charge in [0.05, 0.1) is 18.0 Å². The topological polar surface area (TPSA) is 147 Å². The van der Waals surface area contributed by atoms with E-state index in [1.807, 2.05) is 0 Å².